The summed E-state index contributed by atoms with van der Waals surface area (Å²) in [5, 5.41) is 13.3. The lowest BCUT2D eigenvalue weighted by atomic mass is 9.90. The van der Waals surface area contributed by atoms with Crippen LogP contribution in [-0.2, 0) is 31.1 Å². The van der Waals surface area contributed by atoms with Gasteiger partial charge in [0.15, 0.2) is 0 Å². The van der Waals surface area contributed by atoms with Crippen LogP contribution in [-0.4, -0.2) is 38.3 Å². The maximum absolute atomic E-state index is 13.7. The van der Waals surface area contributed by atoms with E-state index < -0.39 is 11.7 Å². The molecule has 10 heteroatoms. The number of nitrogens with zero attached hydrogens (tertiary/aromatic N) is 7. The van der Waals surface area contributed by atoms with Crippen molar-refractivity contribution in [2.75, 3.05) is 22.9 Å². The Morgan fingerprint density at radius 2 is 1.67 bits per heavy atom. The maximum Gasteiger partial charge on any atom is 0.416 e. The lowest BCUT2D eigenvalue weighted by Gasteiger charge is -2.30. The van der Waals surface area contributed by atoms with Gasteiger partial charge in [0.1, 0.15) is 5.82 Å². The van der Waals surface area contributed by atoms with E-state index in [1.54, 1.807) is 11.7 Å². The van der Waals surface area contributed by atoms with Gasteiger partial charge in [0.25, 0.3) is 5.95 Å². The summed E-state index contributed by atoms with van der Waals surface area (Å²) in [5.74, 6) is 2.83. The van der Waals surface area contributed by atoms with Gasteiger partial charge in [-0.2, -0.15) is 18.0 Å². The van der Waals surface area contributed by atoms with Gasteiger partial charge in [0.05, 0.1) is 17.3 Å². The molecule has 42 heavy (non-hydrogen) atoms. The second kappa shape index (κ2) is 10.8. The number of benzene rings is 1. The number of aryl methyl sites for hydroxylation is 2. The zero-order chi connectivity index (χ0) is 29.8. The molecule has 0 atom stereocenters. The van der Waals surface area contributed by atoms with E-state index in [-0.39, 0.29) is 18.0 Å². The van der Waals surface area contributed by atoms with Gasteiger partial charge in [-0.1, -0.05) is 30.6 Å². The minimum Gasteiger partial charge on any atom is -0.356 e. The van der Waals surface area contributed by atoms with Gasteiger partial charge in [-0.25, -0.2) is 4.98 Å². The molecule has 3 aliphatic rings. The van der Waals surface area contributed by atoms with E-state index in [9.17, 15) is 13.2 Å². The predicted molar refractivity (Wildman–Crippen MR) is 158 cm³/mol. The Kier molecular flexibility index (Phi) is 7.46. The van der Waals surface area contributed by atoms with Crippen LogP contribution in [0, 0.1) is 18.8 Å². The summed E-state index contributed by atoms with van der Waals surface area (Å²) in [5.41, 5.74) is 4.04. The van der Waals surface area contributed by atoms with Crippen molar-refractivity contribution in [1.29, 1.82) is 0 Å². The molecule has 0 amide bonds. The van der Waals surface area contributed by atoms with Gasteiger partial charge in [0.2, 0.25) is 0 Å². The number of aromatic nitrogens is 5. The van der Waals surface area contributed by atoms with Crippen molar-refractivity contribution >= 4 is 11.8 Å². The molecule has 226 valence electrons. The minimum absolute atomic E-state index is 0.0101. The molecule has 0 bridgehead atoms. The number of tetrazole rings is 1. The molecule has 0 aliphatic heterocycles. The largest absolute Gasteiger partial charge is 0.416 e. The third-order valence-electron chi connectivity index (χ3n) is 8.83. The highest BCUT2D eigenvalue weighted by atomic mass is 19.4. The lowest BCUT2D eigenvalue weighted by molar-refractivity contribution is -0.137. The third kappa shape index (κ3) is 6.42. The Morgan fingerprint density at radius 3 is 2.26 bits per heavy atom. The topological polar surface area (TPSA) is 63.0 Å². The Labute approximate surface area is 246 Å². The second-order valence-corrected chi connectivity index (χ2v) is 13.7. The molecule has 0 spiro atoms. The van der Waals surface area contributed by atoms with Crippen molar-refractivity contribution in [3.8, 4) is 0 Å². The van der Waals surface area contributed by atoms with Crippen LogP contribution in [0.1, 0.15) is 99.4 Å². The predicted octanol–water partition coefficient (Wildman–Crippen LogP) is 7.03. The number of pyridine rings is 1. The highest BCUT2D eigenvalue weighted by molar-refractivity contribution is 5.54. The molecule has 3 aliphatic carbocycles. The Morgan fingerprint density at radius 1 is 0.976 bits per heavy atom. The molecule has 0 saturated heterocycles. The number of fused-ring (bicyclic) bond motifs is 1. The quantitative estimate of drug-likeness (QED) is 0.242. The van der Waals surface area contributed by atoms with Crippen molar-refractivity contribution in [2.45, 2.75) is 104 Å². The first kappa shape index (κ1) is 28.9. The van der Waals surface area contributed by atoms with Crippen LogP contribution >= 0.6 is 0 Å². The average Bonchev–Trinajstić information content (AvgIpc) is 3.83. The Hall–Kier alpha value is -3.17. The summed E-state index contributed by atoms with van der Waals surface area (Å²) in [7, 11) is 0. The first-order valence-corrected chi connectivity index (χ1v) is 15.4. The van der Waals surface area contributed by atoms with Gasteiger partial charge >= 0.3 is 6.18 Å². The molecule has 2 fully saturated rings. The number of rotatable bonds is 11. The number of alkyl halides is 3. The smallest absolute Gasteiger partial charge is 0.356 e. The van der Waals surface area contributed by atoms with Crippen LogP contribution < -0.4 is 9.80 Å². The summed E-state index contributed by atoms with van der Waals surface area (Å²) in [6.07, 6.45) is 2.66. The van der Waals surface area contributed by atoms with Gasteiger partial charge in [-0.3, -0.25) is 0 Å². The van der Waals surface area contributed by atoms with E-state index in [1.807, 2.05) is 24.8 Å². The van der Waals surface area contributed by atoms with Crippen LogP contribution in [0.15, 0.2) is 24.3 Å². The van der Waals surface area contributed by atoms with E-state index in [2.05, 4.69) is 40.2 Å². The first-order valence-electron chi connectivity index (χ1n) is 15.4. The highest BCUT2D eigenvalue weighted by Gasteiger charge is 2.36. The third-order valence-corrected chi connectivity index (χ3v) is 8.83. The second-order valence-electron chi connectivity index (χ2n) is 13.7. The molecule has 0 unspecified atom stereocenters. The molecule has 2 aromatic heterocycles. The SMILES string of the molecule is Cc1cc(CN(Cc2cc3c(nc2N(CC2CC2)CC2CC2)C(C)(C)CC3)c2nnn(C(C)C)n2)cc(C(F)(F)F)c1. The van der Waals surface area contributed by atoms with Crippen LogP contribution in [0.5, 0.6) is 0 Å². The van der Waals surface area contributed by atoms with Crippen LogP contribution in [0.25, 0.3) is 0 Å². The van der Waals surface area contributed by atoms with Gasteiger partial charge < -0.3 is 9.80 Å². The summed E-state index contributed by atoms with van der Waals surface area (Å²) < 4.78 is 41.2. The lowest BCUT2D eigenvalue weighted by Crippen LogP contribution is -2.32. The normalized spacial score (nSPS) is 18.0. The molecule has 0 N–H and O–H groups in total. The fourth-order valence-corrected chi connectivity index (χ4v) is 6.10. The van der Waals surface area contributed by atoms with Crippen molar-refractivity contribution in [3.05, 3.63) is 57.8 Å². The monoisotopic (exact) mass is 581 g/mol. The van der Waals surface area contributed by atoms with E-state index in [0.717, 1.165) is 37.3 Å². The summed E-state index contributed by atoms with van der Waals surface area (Å²) >= 11 is 0. The minimum atomic E-state index is -4.42. The molecule has 2 saturated carbocycles. The number of anilines is 2. The number of hydrogen-bond acceptors (Lipinski definition) is 6. The van der Waals surface area contributed by atoms with Gasteiger partial charge in [0, 0.05) is 37.2 Å². The molecule has 2 heterocycles. The Balaban J connectivity index is 1.41. The summed E-state index contributed by atoms with van der Waals surface area (Å²) in [4.78, 5) is 11.4. The van der Waals surface area contributed by atoms with Crippen molar-refractivity contribution in [1.82, 2.24) is 25.2 Å². The zero-order valence-electron chi connectivity index (χ0n) is 25.4. The van der Waals surface area contributed by atoms with E-state index >= 15 is 0 Å². The number of halogens is 3. The van der Waals surface area contributed by atoms with Crippen LogP contribution in [0.2, 0.25) is 0 Å². The van der Waals surface area contributed by atoms with E-state index in [4.69, 9.17) is 4.98 Å². The molecule has 6 rings (SSSR count). The molecular formula is C32H42F3N7. The van der Waals surface area contributed by atoms with Gasteiger partial charge in [-0.05, 0) is 106 Å². The molecule has 7 nitrogen and oxygen atoms in total. The fourth-order valence-electron chi connectivity index (χ4n) is 6.10. The summed E-state index contributed by atoms with van der Waals surface area (Å²) in [6.45, 7) is 12.9. The summed E-state index contributed by atoms with van der Waals surface area (Å²) in [6, 6.07) is 6.56. The van der Waals surface area contributed by atoms with Crippen molar-refractivity contribution < 1.29 is 13.2 Å². The van der Waals surface area contributed by atoms with Crippen molar-refractivity contribution in [3.63, 3.8) is 0 Å². The average molecular weight is 582 g/mol. The number of hydrogen-bond donors (Lipinski definition) is 0. The molecule has 1 aromatic carbocycles. The standard InChI is InChI=1S/C32H42F3N7/c1-20(2)42-38-30(37-39-42)41(18-24-12-21(3)13-27(14-24)32(33,34)35)19-26-15-25-10-11-31(4,5)28(25)36-29(26)40(16-22-6-7-22)17-23-8-9-23/h12-15,20,22-23H,6-11,16-19H2,1-5H3. The Bertz CT molecular complexity index is 1420. The molecule has 0 radical (unpaired) electrons. The van der Waals surface area contributed by atoms with Gasteiger partial charge in [-0.15, -0.1) is 5.10 Å². The fraction of sp³-hybridized carbons (Fsp3) is 0.625. The zero-order valence-corrected chi connectivity index (χ0v) is 25.4. The first-order chi connectivity index (χ1) is 19.9. The van der Waals surface area contributed by atoms with Crippen LogP contribution in [0.4, 0.5) is 24.9 Å². The maximum atomic E-state index is 13.7. The van der Waals surface area contributed by atoms with Crippen molar-refractivity contribution in [2.24, 2.45) is 11.8 Å². The van der Waals surface area contributed by atoms with E-state index in [1.165, 1.54) is 49.1 Å². The molecule has 3 aromatic rings. The van der Waals surface area contributed by atoms with E-state index in [0.29, 0.717) is 35.5 Å². The van der Waals surface area contributed by atoms with Crippen LogP contribution in [0.3, 0.4) is 0 Å². The highest BCUT2D eigenvalue weighted by Crippen LogP contribution is 2.42. The molecular weight excluding hydrogens is 539 g/mol.